The molecule has 0 aliphatic carbocycles. The number of hydrogen-bond donors (Lipinski definition) is 0. The zero-order valence-corrected chi connectivity index (χ0v) is 10.9. The van der Waals surface area contributed by atoms with Crippen molar-refractivity contribution in [2.45, 2.75) is 6.61 Å². The summed E-state index contributed by atoms with van der Waals surface area (Å²) in [5, 5.41) is -0.0530. The minimum atomic E-state index is -5.02. The molecule has 2 aromatic carbocycles. The number of ether oxygens (including phenoxy) is 1. The van der Waals surface area contributed by atoms with E-state index in [0.29, 0.717) is 5.56 Å². The van der Waals surface area contributed by atoms with Crippen LogP contribution >= 0.6 is 11.6 Å². The standard InChI is InChI=1S/C13H9BClF4O/c15-13-9(2-1-3-12(13)16)8-20-11-6-4-10(5-7-11)14(17,18)19/h1-7H,8H2/q-1. The smallest absolute Gasteiger partial charge is 0.489 e. The lowest BCUT2D eigenvalue weighted by Crippen LogP contribution is -2.33. The van der Waals surface area contributed by atoms with E-state index in [1.807, 2.05) is 0 Å². The maximum Gasteiger partial charge on any atom is 0.509 e. The maximum atomic E-state index is 13.2. The van der Waals surface area contributed by atoms with Gasteiger partial charge in [-0.25, -0.2) is 4.39 Å². The Hall–Kier alpha value is -1.69. The predicted molar refractivity (Wildman–Crippen MR) is 70.9 cm³/mol. The summed E-state index contributed by atoms with van der Waals surface area (Å²) in [6.07, 6.45) is 0. The highest BCUT2D eigenvalue weighted by Crippen LogP contribution is 2.21. The summed E-state index contributed by atoms with van der Waals surface area (Å²) >= 11 is 5.74. The highest BCUT2D eigenvalue weighted by Gasteiger charge is 2.24. The van der Waals surface area contributed by atoms with E-state index < -0.39 is 18.3 Å². The first kappa shape index (κ1) is 14.7. The Morgan fingerprint density at radius 3 is 2.25 bits per heavy atom. The van der Waals surface area contributed by atoms with Gasteiger partial charge in [-0.3, -0.25) is 0 Å². The third-order valence-corrected chi connectivity index (χ3v) is 3.11. The topological polar surface area (TPSA) is 9.23 Å². The normalized spacial score (nSPS) is 11.4. The van der Waals surface area contributed by atoms with Crippen molar-refractivity contribution in [1.29, 1.82) is 0 Å². The first-order chi connectivity index (χ1) is 9.38. The van der Waals surface area contributed by atoms with Crippen LogP contribution in [0.2, 0.25) is 5.02 Å². The lowest BCUT2D eigenvalue weighted by molar-refractivity contribution is 0.305. The van der Waals surface area contributed by atoms with Crippen LogP contribution < -0.4 is 10.2 Å². The van der Waals surface area contributed by atoms with Crippen molar-refractivity contribution in [3.63, 3.8) is 0 Å². The predicted octanol–water partition coefficient (Wildman–Crippen LogP) is 4.11. The second-order valence-corrected chi connectivity index (χ2v) is 4.52. The van der Waals surface area contributed by atoms with Gasteiger partial charge in [-0.05, 0) is 18.2 Å². The van der Waals surface area contributed by atoms with Gasteiger partial charge < -0.3 is 17.7 Å². The molecule has 0 aromatic heterocycles. The molecule has 2 rings (SSSR count). The second kappa shape index (κ2) is 5.75. The lowest BCUT2D eigenvalue weighted by atomic mass is 9.80. The Kier molecular flexibility index (Phi) is 4.23. The summed E-state index contributed by atoms with van der Waals surface area (Å²) in [6.45, 7) is -5.04. The Labute approximate surface area is 118 Å². The number of benzene rings is 2. The Morgan fingerprint density at radius 1 is 1.00 bits per heavy atom. The van der Waals surface area contributed by atoms with E-state index in [-0.39, 0.29) is 17.4 Å². The van der Waals surface area contributed by atoms with E-state index in [4.69, 9.17) is 16.3 Å². The Bertz CT molecular complexity index is 598. The SMILES string of the molecule is Fc1cccc(COc2ccc([B-](F)(F)F)cc2)c1Cl. The first-order valence-corrected chi connectivity index (χ1v) is 6.11. The van der Waals surface area contributed by atoms with Gasteiger partial charge in [0.05, 0.1) is 5.02 Å². The molecule has 0 atom stereocenters. The van der Waals surface area contributed by atoms with Crippen LogP contribution in [0.15, 0.2) is 42.5 Å². The quantitative estimate of drug-likeness (QED) is 0.610. The average Bonchev–Trinajstić information content (AvgIpc) is 2.40. The number of rotatable bonds is 4. The molecule has 0 unspecified atom stereocenters. The minimum Gasteiger partial charge on any atom is -0.489 e. The second-order valence-electron chi connectivity index (χ2n) is 4.15. The summed E-state index contributed by atoms with van der Waals surface area (Å²) in [6, 6.07) is 8.61. The van der Waals surface area contributed by atoms with Crippen molar-refractivity contribution in [1.82, 2.24) is 0 Å². The lowest BCUT2D eigenvalue weighted by Gasteiger charge is -2.15. The molecule has 1 nitrogen and oxygen atoms in total. The summed E-state index contributed by atoms with van der Waals surface area (Å²) in [5.74, 6) is -0.308. The van der Waals surface area contributed by atoms with Gasteiger partial charge in [0.2, 0.25) is 0 Å². The molecule has 7 heteroatoms. The van der Waals surface area contributed by atoms with Gasteiger partial charge in [-0.1, -0.05) is 35.9 Å². The Morgan fingerprint density at radius 2 is 1.65 bits per heavy atom. The summed E-state index contributed by atoms with van der Waals surface area (Å²) in [7, 11) is 0. The fourth-order valence-corrected chi connectivity index (χ4v) is 1.78. The van der Waals surface area contributed by atoms with Crippen LogP contribution in [0.1, 0.15) is 5.56 Å². The molecule has 0 N–H and O–H groups in total. The van der Waals surface area contributed by atoms with Crippen LogP contribution in [0.5, 0.6) is 5.75 Å². The molecule has 20 heavy (non-hydrogen) atoms. The minimum absolute atomic E-state index is 0.0207. The third kappa shape index (κ3) is 3.45. The van der Waals surface area contributed by atoms with Crippen molar-refractivity contribution in [2.75, 3.05) is 0 Å². The largest absolute Gasteiger partial charge is 0.509 e. The van der Waals surface area contributed by atoms with Crippen molar-refractivity contribution in [2.24, 2.45) is 0 Å². The first-order valence-electron chi connectivity index (χ1n) is 5.73. The van der Waals surface area contributed by atoms with Crippen molar-refractivity contribution in [3.8, 4) is 5.75 Å². The zero-order chi connectivity index (χ0) is 14.8. The molecule has 0 saturated carbocycles. The van der Waals surface area contributed by atoms with Gasteiger partial charge in [0.25, 0.3) is 0 Å². The van der Waals surface area contributed by atoms with E-state index in [9.17, 15) is 17.3 Å². The molecule has 0 radical (unpaired) electrons. The van der Waals surface area contributed by atoms with Crippen LogP contribution in [0.3, 0.4) is 0 Å². The van der Waals surface area contributed by atoms with Crippen molar-refractivity contribution >= 4 is 24.0 Å². The molecule has 0 spiro atoms. The van der Waals surface area contributed by atoms with E-state index in [1.54, 1.807) is 6.07 Å². The molecular formula is C13H9BClF4O-. The average molecular weight is 303 g/mol. The van der Waals surface area contributed by atoms with Gasteiger partial charge in [0.15, 0.2) is 0 Å². The van der Waals surface area contributed by atoms with Crippen molar-refractivity contribution < 1.29 is 22.1 Å². The molecule has 0 aliphatic rings. The van der Waals surface area contributed by atoms with E-state index in [1.165, 1.54) is 24.3 Å². The molecule has 0 amide bonds. The molecule has 0 bridgehead atoms. The highest BCUT2D eigenvalue weighted by molar-refractivity contribution is 6.73. The van der Waals surface area contributed by atoms with Crippen LogP contribution in [0.4, 0.5) is 17.3 Å². The van der Waals surface area contributed by atoms with Crippen LogP contribution in [-0.2, 0) is 6.61 Å². The van der Waals surface area contributed by atoms with Crippen molar-refractivity contribution in [3.05, 3.63) is 58.9 Å². The van der Waals surface area contributed by atoms with E-state index >= 15 is 0 Å². The van der Waals surface area contributed by atoms with Gasteiger partial charge in [0.1, 0.15) is 18.2 Å². The van der Waals surface area contributed by atoms with E-state index in [2.05, 4.69) is 0 Å². The third-order valence-electron chi connectivity index (χ3n) is 2.68. The van der Waals surface area contributed by atoms with Gasteiger partial charge in [-0.15, -0.1) is 5.46 Å². The molecule has 0 aliphatic heterocycles. The molecule has 106 valence electrons. The van der Waals surface area contributed by atoms with Gasteiger partial charge in [0, 0.05) is 5.56 Å². The Balaban J connectivity index is 2.06. The molecule has 0 fully saturated rings. The fraction of sp³-hybridized carbons (Fsp3) is 0.0769. The number of hydrogen-bond acceptors (Lipinski definition) is 1. The molecule has 2 aromatic rings. The molecular weight excluding hydrogens is 294 g/mol. The molecule has 0 saturated heterocycles. The molecule has 0 heterocycles. The maximum absolute atomic E-state index is 13.2. The summed E-state index contributed by atoms with van der Waals surface area (Å²) in [4.78, 5) is 0. The van der Waals surface area contributed by atoms with Gasteiger partial charge >= 0.3 is 6.98 Å². The zero-order valence-electron chi connectivity index (χ0n) is 10.1. The van der Waals surface area contributed by atoms with Crippen LogP contribution in [0, 0.1) is 5.82 Å². The summed E-state index contributed by atoms with van der Waals surface area (Å²) < 4.78 is 55.8. The van der Waals surface area contributed by atoms with Crippen LogP contribution in [-0.4, -0.2) is 6.98 Å². The fourth-order valence-electron chi connectivity index (χ4n) is 1.60. The van der Waals surface area contributed by atoms with Crippen LogP contribution in [0.25, 0.3) is 0 Å². The number of halogens is 5. The van der Waals surface area contributed by atoms with E-state index in [0.717, 1.165) is 12.1 Å². The summed E-state index contributed by atoms with van der Waals surface area (Å²) in [5.41, 5.74) is -0.267. The monoisotopic (exact) mass is 303 g/mol. The highest BCUT2D eigenvalue weighted by atomic mass is 35.5. The van der Waals surface area contributed by atoms with Gasteiger partial charge in [-0.2, -0.15) is 0 Å².